The van der Waals surface area contributed by atoms with Crippen molar-refractivity contribution in [1.82, 2.24) is 0 Å². The molecule has 0 amide bonds. The first kappa shape index (κ1) is 16.5. The van der Waals surface area contributed by atoms with E-state index in [9.17, 15) is 23.3 Å². The molecule has 0 aliphatic carbocycles. The zero-order valence-corrected chi connectivity index (χ0v) is 12.1. The van der Waals surface area contributed by atoms with Gasteiger partial charge in [0.2, 0.25) is 0 Å². The van der Waals surface area contributed by atoms with Gasteiger partial charge in [-0.05, 0) is 38.1 Å². The van der Waals surface area contributed by atoms with Gasteiger partial charge in [0, 0.05) is 6.07 Å². The number of nitrogens with one attached hydrogen (secondary N) is 1. The number of benzene rings is 1. The molecule has 1 heterocycles. The molecular formula is C14H12F3N3O3. The Balaban J connectivity index is 2.31. The molecule has 122 valence electrons. The first-order valence-corrected chi connectivity index (χ1v) is 6.41. The Hall–Kier alpha value is -2.84. The number of furan rings is 1. The first-order valence-electron chi connectivity index (χ1n) is 6.41. The van der Waals surface area contributed by atoms with Gasteiger partial charge in [0.15, 0.2) is 0 Å². The van der Waals surface area contributed by atoms with Crippen LogP contribution in [-0.4, -0.2) is 10.6 Å². The Morgan fingerprint density at radius 3 is 2.52 bits per heavy atom. The fourth-order valence-corrected chi connectivity index (χ4v) is 1.78. The molecule has 0 atom stereocenters. The maximum atomic E-state index is 12.6. The van der Waals surface area contributed by atoms with Crippen LogP contribution in [0, 0.1) is 17.0 Å². The number of halogens is 3. The highest BCUT2D eigenvalue weighted by Gasteiger charge is 2.33. The minimum Gasteiger partial charge on any atom is -0.460 e. The van der Waals surface area contributed by atoms with Crippen LogP contribution in [0.5, 0.6) is 0 Å². The van der Waals surface area contributed by atoms with Crippen LogP contribution >= 0.6 is 0 Å². The Labute approximate surface area is 128 Å². The summed E-state index contributed by atoms with van der Waals surface area (Å²) in [5, 5.41) is 14.9. The van der Waals surface area contributed by atoms with Gasteiger partial charge in [-0.3, -0.25) is 15.5 Å². The second-order valence-electron chi connectivity index (χ2n) is 4.71. The third-order valence-corrected chi connectivity index (χ3v) is 2.96. The van der Waals surface area contributed by atoms with Gasteiger partial charge >= 0.3 is 6.18 Å². The van der Waals surface area contributed by atoms with Crippen LogP contribution < -0.4 is 5.43 Å². The van der Waals surface area contributed by atoms with Crippen molar-refractivity contribution in [2.45, 2.75) is 20.0 Å². The van der Waals surface area contributed by atoms with Crippen molar-refractivity contribution in [1.29, 1.82) is 0 Å². The van der Waals surface area contributed by atoms with Gasteiger partial charge in [-0.2, -0.15) is 18.3 Å². The summed E-state index contributed by atoms with van der Waals surface area (Å²) < 4.78 is 43.2. The van der Waals surface area contributed by atoms with Crippen LogP contribution in [0.25, 0.3) is 0 Å². The van der Waals surface area contributed by atoms with E-state index in [1.165, 1.54) is 0 Å². The van der Waals surface area contributed by atoms with E-state index in [4.69, 9.17) is 4.42 Å². The van der Waals surface area contributed by atoms with E-state index in [0.717, 1.165) is 12.1 Å². The molecule has 2 rings (SSSR count). The Morgan fingerprint density at radius 1 is 1.30 bits per heavy atom. The van der Waals surface area contributed by atoms with Gasteiger partial charge in [0.05, 0.1) is 10.5 Å². The smallest absolute Gasteiger partial charge is 0.416 e. The molecule has 0 spiro atoms. The summed E-state index contributed by atoms with van der Waals surface area (Å²) in [6, 6.07) is 5.55. The summed E-state index contributed by atoms with van der Waals surface area (Å²) in [7, 11) is 0. The van der Waals surface area contributed by atoms with Crippen molar-refractivity contribution in [2.75, 3.05) is 5.43 Å². The van der Waals surface area contributed by atoms with Gasteiger partial charge < -0.3 is 4.42 Å². The molecule has 9 heteroatoms. The zero-order chi connectivity index (χ0) is 17.2. The Morgan fingerprint density at radius 2 is 2.00 bits per heavy atom. The van der Waals surface area contributed by atoms with E-state index in [1.807, 2.05) is 0 Å². The number of hydrogen-bond acceptors (Lipinski definition) is 5. The van der Waals surface area contributed by atoms with Crippen molar-refractivity contribution >= 4 is 17.1 Å². The third-order valence-electron chi connectivity index (χ3n) is 2.96. The number of nitrogens with zero attached hydrogens (tertiary/aromatic N) is 2. The zero-order valence-electron chi connectivity index (χ0n) is 12.1. The predicted molar refractivity (Wildman–Crippen MR) is 77.4 cm³/mol. The van der Waals surface area contributed by atoms with Crippen LogP contribution in [0.3, 0.4) is 0 Å². The normalized spacial score (nSPS) is 12.3. The van der Waals surface area contributed by atoms with Crippen LogP contribution in [0.1, 0.15) is 24.0 Å². The number of rotatable bonds is 4. The number of nitro groups is 1. The van der Waals surface area contributed by atoms with Crippen LogP contribution in [0.4, 0.5) is 24.5 Å². The molecule has 6 nitrogen and oxygen atoms in total. The molecule has 1 aromatic carbocycles. The molecule has 0 fully saturated rings. The standard InChI is InChI=1S/C14H12F3N3O3/c1-8-3-6-13(23-8)9(2)18-19-11-5-4-10(14(15,16)17)7-12(11)20(21)22/h3-7,19H,1-2H3/b18-9+. The van der Waals surface area contributed by atoms with Crippen molar-refractivity contribution in [3.05, 3.63) is 57.5 Å². The van der Waals surface area contributed by atoms with Crippen LogP contribution in [0.15, 0.2) is 39.9 Å². The van der Waals surface area contributed by atoms with E-state index in [-0.39, 0.29) is 5.69 Å². The molecule has 2 aromatic rings. The summed E-state index contributed by atoms with van der Waals surface area (Å²) in [4.78, 5) is 10.0. The first-order chi connectivity index (χ1) is 10.7. The highest BCUT2D eigenvalue weighted by atomic mass is 19.4. The Bertz CT molecular complexity index is 766. The maximum absolute atomic E-state index is 12.6. The molecule has 0 unspecified atom stereocenters. The molecule has 1 aromatic heterocycles. The Kier molecular flexibility index (Phi) is 4.39. The number of aryl methyl sites for hydroxylation is 1. The van der Waals surface area contributed by atoms with Crippen molar-refractivity contribution in [3.63, 3.8) is 0 Å². The lowest BCUT2D eigenvalue weighted by Crippen LogP contribution is -2.07. The summed E-state index contributed by atoms with van der Waals surface area (Å²) in [5.41, 5.74) is 0.832. The minimum atomic E-state index is -4.66. The van der Waals surface area contributed by atoms with Gasteiger partial charge in [-0.1, -0.05) is 0 Å². The lowest BCUT2D eigenvalue weighted by molar-refractivity contribution is -0.384. The van der Waals surface area contributed by atoms with E-state index in [2.05, 4.69) is 10.5 Å². The van der Waals surface area contributed by atoms with E-state index in [0.29, 0.717) is 23.3 Å². The second kappa shape index (κ2) is 6.11. The lowest BCUT2D eigenvalue weighted by atomic mass is 10.1. The average Bonchev–Trinajstić information content (AvgIpc) is 2.90. The van der Waals surface area contributed by atoms with E-state index >= 15 is 0 Å². The van der Waals surface area contributed by atoms with E-state index in [1.54, 1.807) is 26.0 Å². The summed E-state index contributed by atoms with van der Waals surface area (Å²) >= 11 is 0. The van der Waals surface area contributed by atoms with Crippen LogP contribution in [0.2, 0.25) is 0 Å². The summed E-state index contributed by atoms with van der Waals surface area (Å²) in [5.74, 6) is 1.11. The van der Waals surface area contributed by atoms with Crippen molar-refractivity contribution in [3.8, 4) is 0 Å². The highest BCUT2D eigenvalue weighted by Crippen LogP contribution is 2.34. The van der Waals surface area contributed by atoms with Gasteiger partial charge in [-0.15, -0.1) is 0 Å². The number of anilines is 1. The summed E-state index contributed by atoms with van der Waals surface area (Å²) in [6.45, 7) is 3.34. The number of hydrogen-bond donors (Lipinski definition) is 1. The van der Waals surface area contributed by atoms with E-state index < -0.39 is 22.4 Å². The predicted octanol–water partition coefficient (Wildman–Crippen LogP) is 4.35. The van der Waals surface area contributed by atoms with Gasteiger partial charge in [0.25, 0.3) is 5.69 Å². The monoisotopic (exact) mass is 327 g/mol. The maximum Gasteiger partial charge on any atom is 0.416 e. The fourth-order valence-electron chi connectivity index (χ4n) is 1.78. The van der Waals surface area contributed by atoms with Crippen molar-refractivity contribution in [2.24, 2.45) is 5.10 Å². The fraction of sp³-hybridized carbons (Fsp3) is 0.214. The summed E-state index contributed by atoms with van der Waals surface area (Å²) in [6.07, 6.45) is -4.66. The third kappa shape index (κ3) is 3.87. The largest absolute Gasteiger partial charge is 0.460 e. The lowest BCUT2D eigenvalue weighted by Gasteiger charge is -2.08. The average molecular weight is 327 g/mol. The quantitative estimate of drug-likeness (QED) is 0.514. The molecule has 0 aliphatic heterocycles. The molecule has 0 aliphatic rings. The molecule has 1 N–H and O–H groups in total. The number of nitro benzene ring substituents is 1. The van der Waals surface area contributed by atoms with Crippen LogP contribution in [-0.2, 0) is 6.18 Å². The highest BCUT2D eigenvalue weighted by molar-refractivity contribution is 5.96. The second-order valence-corrected chi connectivity index (χ2v) is 4.71. The van der Waals surface area contributed by atoms with Gasteiger partial charge in [-0.25, -0.2) is 0 Å². The molecule has 0 saturated carbocycles. The molecule has 0 bridgehead atoms. The molecule has 23 heavy (non-hydrogen) atoms. The van der Waals surface area contributed by atoms with Gasteiger partial charge in [0.1, 0.15) is 22.9 Å². The minimum absolute atomic E-state index is 0.148. The SMILES string of the molecule is C/C(=N\Nc1ccc(C(F)(F)F)cc1[N+](=O)[O-])c1ccc(C)o1. The number of hydrazone groups is 1. The topological polar surface area (TPSA) is 80.7 Å². The molecular weight excluding hydrogens is 315 g/mol. The molecule has 0 radical (unpaired) electrons. The number of alkyl halides is 3. The van der Waals surface area contributed by atoms with Crippen molar-refractivity contribution < 1.29 is 22.5 Å². The molecule has 0 saturated heterocycles.